The molecular weight excluding hydrogens is 975 g/mol. The number of anilines is 6. The number of hydrogen-bond donors (Lipinski definition) is 0. The van der Waals surface area contributed by atoms with Crippen molar-refractivity contribution in [3.63, 3.8) is 0 Å². The second-order valence-electron chi connectivity index (χ2n) is 19.8. The van der Waals surface area contributed by atoms with E-state index in [9.17, 15) is 0 Å². The Balaban J connectivity index is 1.04. The van der Waals surface area contributed by atoms with Crippen LogP contribution < -0.4 is 26.2 Å². The number of hydrogen-bond acceptors (Lipinski definition) is 2. The second kappa shape index (κ2) is 19.5. The highest BCUT2D eigenvalue weighted by atomic mass is 35.5. The van der Waals surface area contributed by atoms with E-state index in [0.717, 1.165) is 89.6 Å². The average molecular weight is 1020 g/mol. The van der Waals surface area contributed by atoms with Crippen LogP contribution in [0.15, 0.2) is 285 Å². The molecule has 2 nitrogen and oxygen atoms in total. The van der Waals surface area contributed by atoms with Crippen molar-refractivity contribution in [3.8, 4) is 77.9 Å². The average Bonchev–Trinajstić information content (AvgIpc) is 3.59. The molecule has 0 bridgehead atoms. The highest BCUT2D eigenvalue weighted by molar-refractivity contribution is 7.00. The maximum atomic E-state index is 7.21. The lowest BCUT2D eigenvalue weighted by molar-refractivity contribution is 1.25. The molecule has 0 aliphatic carbocycles. The van der Waals surface area contributed by atoms with Gasteiger partial charge >= 0.3 is 0 Å². The van der Waals surface area contributed by atoms with Gasteiger partial charge in [-0.15, -0.1) is 0 Å². The van der Waals surface area contributed by atoms with Crippen molar-refractivity contribution < 1.29 is 0 Å². The van der Waals surface area contributed by atoms with E-state index < -0.39 is 0 Å². The number of benzene rings is 12. The Labute approximate surface area is 460 Å². The van der Waals surface area contributed by atoms with Gasteiger partial charge in [-0.2, -0.15) is 0 Å². The van der Waals surface area contributed by atoms with Gasteiger partial charge in [-0.05, 0) is 132 Å². The molecule has 0 radical (unpaired) electrons. The van der Waals surface area contributed by atoms with Gasteiger partial charge in [0.05, 0.1) is 11.4 Å². The number of fused-ring (bicyclic) bond motifs is 4. The summed E-state index contributed by atoms with van der Waals surface area (Å²) in [7, 11) is 0. The van der Waals surface area contributed by atoms with Crippen LogP contribution in [0.5, 0.6) is 0 Å². The predicted octanol–water partition coefficient (Wildman–Crippen LogP) is 18.7. The molecule has 0 aromatic heterocycles. The lowest BCUT2D eigenvalue weighted by Gasteiger charge is -2.45. The Morgan fingerprint density at radius 3 is 0.909 bits per heavy atom. The molecule has 12 aromatic rings. The molecule has 0 saturated carbocycles. The van der Waals surface area contributed by atoms with Crippen LogP contribution in [0.2, 0.25) is 10.0 Å². The fraction of sp³-hybridized carbons (Fsp3) is 0. The van der Waals surface area contributed by atoms with Crippen LogP contribution in [0.25, 0.3) is 77.9 Å². The maximum absolute atomic E-state index is 7.21. The van der Waals surface area contributed by atoms with E-state index in [1.54, 1.807) is 0 Å². The van der Waals surface area contributed by atoms with Crippen LogP contribution >= 0.6 is 23.2 Å². The smallest absolute Gasteiger partial charge is 0.252 e. The molecule has 0 unspecified atom stereocenters. The molecule has 362 valence electrons. The molecule has 5 heteroatoms. The van der Waals surface area contributed by atoms with Gasteiger partial charge in [0.1, 0.15) is 0 Å². The zero-order valence-corrected chi connectivity index (χ0v) is 43.4. The Morgan fingerprint density at radius 2 is 0.519 bits per heavy atom. The highest BCUT2D eigenvalue weighted by Gasteiger charge is 2.44. The quantitative estimate of drug-likeness (QED) is 0.133. The summed E-state index contributed by atoms with van der Waals surface area (Å²) in [4.78, 5) is 4.97. The largest absolute Gasteiger partial charge is 0.311 e. The fourth-order valence-corrected chi connectivity index (χ4v) is 12.5. The molecule has 0 fully saturated rings. The summed E-state index contributed by atoms with van der Waals surface area (Å²) in [5, 5.41) is 1.34. The van der Waals surface area contributed by atoms with Gasteiger partial charge in [-0.1, -0.05) is 260 Å². The minimum absolute atomic E-state index is 0.161. The van der Waals surface area contributed by atoms with E-state index in [1.807, 2.05) is 12.1 Å². The first-order chi connectivity index (χ1) is 38.1. The summed E-state index contributed by atoms with van der Waals surface area (Å²) in [5.41, 5.74) is 25.9. The molecule has 12 aromatic carbocycles. The summed E-state index contributed by atoms with van der Waals surface area (Å²) in [6.07, 6.45) is 0. The van der Waals surface area contributed by atoms with Crippen molar-refractivity contribution in [2.75, 3.05) is 9.80 Å². The van der Waals surface area contributed by atoms with E-state index in [2.05, 4.69) is 283 Å². The molecule has 14 rings (SSSR count). The van der Waals surface area contributed by atoms with Crippen molar-refractivity contribution in [2.24, 2.45) is 0 Å². The Kier molecular flexibility index (Phi) is 11.8. The van der Waals surface area contributed by atoms with Crippen LogP contribution in [0.3, 0.4) is 0 Å². The summed E-state index contributed by atoms with van der Waals surface area (Å²) < 4.78 is 0. The van der Waals surface area contributed by atoms with Crippen LogP contribution in [0.1, 0.15) is 0 Å². The third kappa shape index (κ3) is 8.06. The Bertz CT molecular complexity index is 3970. The first kappa shape index (κ1) is 46.4. The van der Waals surface area contributed by atoms with E-state index in [-0.39, 0.29) is 6.71 Å². The van der Waals surface area contributed by atoms with Crippen LogP contribution in [-0.2, 0) is 0 Å². The van der Waals surface area contributed by atoms with Crippen molar-refractivity contribution in [3.05, 3.63) is 295 Å². The lowest BCUT2D eigenvalue weighted by Crippen LogP contribution is -2.61. The number of para-hydroxylation sites is 2. The van der Waals surface area contributed by atoms with Crippen LogP contribution in [-0.4, -0.2) is 6.71 Å². The predicted molar refractivity (Wildman–Crippen MR) is 329 cm³/mol. The van der Waals surface area contributed by atoms with Crippen LogP contribution in [0.4, 0.5) is 34.1 Å². The summed E-state index contributed by atoms with van der Waals surface area (Å²) in [6.45, 7) is -0.161. The van der Waals surface area contributed by atoms with Gasteiger partial charge in [0, 0.05) is 43.9 Å². The Morgan fingerprint density at radius 1 is 0.221 bits per heavy atom. The molecule has 0 spiro atoms. The molecule has 77 heavy (non-hydrogen) atoms. The van der Waals surface area contributed by atoms with E-state index in [4.69, 9.17) is 23.2 Å². The number of rotatable bonds is 9. The van der Waals surface area contributed by atoms with E-state index >= 15 is 0 Å². The molecule has 0 N–H and O–H groups in total. The van der Waals surface area contributed by atoms with Gasteiger partial charge in [0.2, 0.25) is 0 Å². The summed E-state index contributed by atoms with van der Waals surface area (Å²) in [5.74, 6) is 0. The summed E-state index contributed by atoms with van der Waals surface area (Å²) in [6, 6.07) is 103. The zero-order chi connectivity index (χ0) is 51.4. The highest BCUT2D eigenvalue weighted by Crippen LogP contribution is 2.52. The van der Waals surface area contributed by atoms with Crippen molar-refractivity contribution in [2.45, 2.75) is 0 Å². The minimum atomic E-state index is -0.161. The minimum Gasteiger partial charge on any atom is -0.311 e. The first-order valence-corrected chi connectivity index (χ1v) is 26.9. The molecule has 0 saturated heterocycles. The standard InChI is InChI=1S/C72H47BCl2N2/c74-52-40-42-64-68(46-52)76(66-38-20-18-36-62(66)60-34-16-14-32-58(60)56-30-12-10-28-54(56)49-24-6-2-7-25-49)70-44-51(48-22-4-1-5-23-48)45-71-72(70)73(64)65-43-41-53(75)47-69(65)77(71)67-39-21-19-37-63(67)61-35-17-15-33-59(61)57-31-13-11-29-55(57)50-26-8-3-9-27-50/h1-47H. The third-order valence-corrected chi connectivity index (χ3v) is 15.9. The van der Waals surface area contributed by atoms with Crippen molar-refractivity contribution in [1.82, 2.24) is 0 Å². The summed E-state index contributed by atoms with van der Waals surface area (Å²) >= 11 is 14.4. The third-order valence-electron chi connectivity index (χ3n) is 15.4. The van der Waals surface area contributed by atoms with Gasteiger partial charge < -0.3 is 9.80 Å². The van der Waals surface area contributed by atoms with E-state index in [0.29, 0.717) is 10.0 Å². The molecule has 0 amide bonds. The Hall–Kier alpha value is -9.12. The SMILES string of the molecule is Clc1ccc2c(c1)N(c1ccccc1-c1ccccc1-c1ccccc1-c1ccccc1)c1cc(-c3ccccc3)cc3c1B2c1ccc(Cl)cc1N3c1ccccc1-c1ccccc1-c1ccccc1-c1ccccc1. The number of halogens is 2. The second-order valence-corrected chi connectivity index (χ2v) is 20.6. The number of nitrogens with zero attached hydrogens (tertiary/aromatic N) is 2. The van der Waals surface area contributed by atoms with E-state index in [1.165, 1.54) is 38.8 Å². The lowest BCUT2D eigenvalue weighted by atomic mass is 9.33. The molecule has 2 aliphatic rings. The molecule has 0 atom stereocenters. The topological polar surface area (TPSA) is 6.48 Å². The van der Waals surface area contributed by atoms with Gasteiger partial charge in [0.15, 0.2) is 0 Å². The fourth-order valence-electron chi connectivity index (χ4n) is 12.1. The molecule has 2 aliphatic heterocycles. The zero-order valence-electron chi connectivity index (χ0n) is 41.9. The maximum Gasteiger partial charge on any atom is 0.252 e. The van der Waals surface area contributed by atoms with Crippen molar-refractivity contribution >= 4 is 80.4 Å². The molecular formula is C72H47BCl2N2. The normalized spacial score (nSPS) is 12.2. The van der Waals surface area contributed by atoms with Crippen molar-refractivity contribution in [1.29, 1.82) is 0 Å². The monoisotopic (exact) mass is 1020 g/mol. The van der Waals surface area contributed by atoms with Crippen LogP contribution in [0, 0.1) is 0 Å². The van der Waals surface area contributed by atoms with Gasteiger partial charge in [0.25, 0.3) is 6.71 Å². The van der Waals surface area contributed by atoms with Gasteiger partial charge in [-0.3, -0.25) is 0 Å². The first-order valence-electron chi connectivity index (χ1n) is 26.2. The molecule has 2 heterocycles. The van der Waals surface area contributed by atoms with Gasteiger partial charge in [-0.25, -0.2) is 0 Å².